The molecule has 0 bridgehead atoms. The van der Waals surface area contributed by atoms with Gasteiger partial charge in [-0.1, -0.05) is 32.0 Å². The maximum absolute atomic E-state index is 13.8. The van der Waals surface area contributed by atoms with E-state index in [0.717, 1.165) is 56.0 Å². The summed E-state index contributed by atoms with van der Waals surface area (Å²) in [6.07, 6.45) is 2.98. The normalized spacial score (nSPS) is 17.8. The van der Waals surface area contributed by atoms with Gasteiger partial charge in [-0.05, 0) is 43.4 Å². The Kier molecular flexibility index (Phi) is 7.18. The van der Waals surface area contributed by atoms with Crippen LogP contribution in [0.3, 0.4) is 0 Å². The quantitative estimate of drug-likeness (QED) is 0.686. The third-order valence-electron chi connectivity index (χ3n) is 5.37. The van der Waals surface area contributed by atoms with Gasteiger partial charge < -0.3 is 9.80 Å². The number of carbonyl (C=O) groups is 1. The van der Waals surface area contributed by atoms with E-state index in [4.69, 9.17) is 0 Å². The molecule has 1 saturated heterocycles. The highest BCUT2D eigenvalue weighted by Crippen LogP contribution is 2.22. The highest BCUT2D eigenvalue weighted by Gasteiger charge is 2.24. The summed E-state index contributed by atoms with van der Waals surface area (Å²) in [5.41, 5.74) is 1.34. The van der Waals surface area contributed by atoms with E-state index >= 15 is 0 Å². The molecule has 0 N–H and O–H groups in total. The fourth-order valence-electron chi connectivity index (χ4n) is 3.80. The van der Waals surface area contributed by atoms with E-state index < -0.39 is 0 Å². The second-order valence-corrected chi connectivity index (χ2v) is 8.95. The Labute approximate surface area is 171 Å². The number of rotatable bonds is 7. The molecule has 2 aromatic rings. The fourth-order valence-corrected chi connectivity index (χ4v) is 4.61. The van der Waals surface area contributed by atoms with E-state index in [2.05, 4.69) is 23.7 Å². The average molecular weight is 404 g/mol. The van der Waals surface area contributed by atoms with Gasteiger partial charge in [0.1, 0.15) is 11.5 Å². The highest BCUT2D eigenvalue weighted by atomic mass is 32.1. The summed E-state index contributed by atoms with van der Waals surface area (Å²) in [5.74, 6) is 0.682. The summed E-state index contributed by atoms with van der Waals surface area (Å²) in [5, 5.41) is 2.88. The van der Waals surface area contributed by atoms with Crippen molar-refractivity contribution in [3.05, 3.63) is 51.7 Å². The molecular formula is C22H30FN3OS. The number of piperidine rings is 1. The van der Waals surface area contributed by atoms with Gasteiger partial charge in [-0.25, -0.2) is 9.37 Å². The zero-order chi connectivity index (χ0) is 20.1. The number of hydrogen-bond donors (Lipinski definition) is 0. The molecule has 0 spiro atoms. The maximum Gasteiger partial charge on any atom is 0.273 e. The summed E-state index contributed by atoms with van der Waals surface area (Å²) >= 11 is 1.56. The predicted octanol–water partition coefficient (Wildman–Crippen LogP) is 4.43. The number of carbonyl (C=O) groups excluding carboxylic acids is 1. The lowest BCUT2D eigenvalue weighted by Crippen LogP contribution is -2.42. The van der Waals surface area contributed by atoms with E-state index in [0.29, 0.717) is 17.5 Å². The van der Waals surface area contributed by atoms with E-state index in [1.165, 1.54) is 6.07 Å². The lowest BCUT2D eigenvalue weighted by atomic mass is 9.97. The minimum absolute atomic E-state index is 0.00614. The molecular weight excluding hydrogens is 373 g/mol. The Bertz CT molecular complexity index is 792. The van der Waals surface area contributed by atoms with Gasteiger partial charge in [-0.3, -0.25) is 4.79 Å². The van der Waals surface area contributed by atoms with Crippen LogP contribution in [0.2, 0.25) is 0 Å². The highest BCUT2D eigenvalue weighted by molar-refractivity contribution is 7.09. The number of amides is 1. The van der Waals surface area contributed by atoms with Crippen LogP contribution >= 0.6 is 11.3 Å². The van der Waals surface area contributed by atoms with Crippen molar-refractivity contribution in [2.24, 2.45) is 5.92 Å². The van der Waals surface area contributed by atoms with Crippen molar-refractivity contribution in [1.29, 1.82) is 0 Å². The number of benzene rings is 1. The molecule has 0 unspecified atom stereocenters. The van der Waals surface area contributed by atoms with Crippen molar-refractivity contribution < 1.29 is 9.18 Å². The molecule has 1 aromatic carbocycles. The minimum atomic E-state index is -0.120. The van der Waals surface area contributed by atoms with E-state index in [-0.39, 0.29) is 11.7 Å². The summed E-state index contributed by atoms with van der Waals surface area (Å²) in [4.78, 5) is 21.4. The van der Waals surface area contributed by atoms with Crippen LogP contribution < -0.4 is 0 Å². The Hall–Kier alpha value is -1.79. The number of halogens is 1. The Morgan fingerprint density at radius 3 is 2.89 bits per heavy atom. The largest absolute Gasteiger partial charge is 0.340 e. The Balaban J connectivity index is 1.51. The van der Waals surface area contributed by atoms with Gasteiger partial charge in [0.05, 0.1) is 5.01 Å². The van der Waals surface area contributed by atoms with Crippen molar-refractivity contribution in [3.63, 3.8) is 0 Å². The smallest absolute Gasteiger partial charge is 0.273 e. The first kappa shape index (κ1) is 20.9. The van der Waals surface area contributed by atoms with Crippen LogP contribution in [-0.2, 0) is 6.42 Å². The molecule has 28 heavy (non-hydrogen) atoms. The van der Waals surface area contributed by atoms with Gasteiger partial charge in [0, 0.05) is 38.0 Å². The Morgan fingerprint density at radius 2 is 2.18 bits per heavy atom. The van der Waals surface area contributed by atoms with Crippen LogP contribution in [0.15, 0.2) is 29.6 Å². The third kappa shape index (κ3) is 5.39. The van der Waals surface area contributed by atoms with Crippen LogP contribution in [0.5, 0.6) is 0 Å². The molecule has 1 aliphatic rings. The molecule has 3 rings (SSSR count). The lowest BCUT2D eigenvalue weighted by molar-refractivity contribution is 0.0725. The second-order valence-electron chi connectivity index (χ2n) is 8.06. The molecule has 1 amide bonds. The van der Waals surface area contributed by atoms with Crippen LogP contribution in [0.25, 0.3) is 0 Å². The molecule has 0 aliphatic carbocycles. The van der Waals surface area contributed by atoms with Crippen LogP contribution in [0.1, 0.15) is 53.7 Å². The monoisotopic (exact) mass is 403 g/mol. The van der Waals surface area contributed by atoms with Crippen molar-refractivity contribution in [2.75, 3.05) is 33.2 Å². The van der Waals surface area contributed by atoms with Gasteiger partial charge in [0.25, 0.3) is 5.91 Å². The zero-order valence-electron chi connectivity index (χ0n) is 17.0. The molecule has 6 heteroatoms. The van der Waals surface area contributed by atoms with E-state index in [1.807, 2.05) is 29.5 Å². The number of likely N-dealkylation sites (tertiary alicyclic amines) is 1. The average Bonchev–Trinajstić information content (AvgIpc) is 3.17. The first-order chi connectivity index (χ1) is 13.4. The summed E-state index contributed by atoms with van der Waals surface area (Å²) in [6, 6.07) is 7.01. The maximum atomic E-state index is 13.8. The molecule has 0 saturated carbocycles. The molecule has 1 fully saturated rings. The van der Waals surface area contributed by atoms with Crippen LogP contribution in [0, 0.1) is 11.7 Å². The van der Waals surface area contributed by atoms with Gasteiger partial charge >= 0.3 is 0 Å². The number of nitrogens with zero attached hydrogens (tertiary/aromatic N) is 3. The van der Waals surface area contributed by atoms with E-state index in [9.17, 15) is 9.18 Å². The molecule has 1 aliphatic heterocycles. The lowest BCUT2D eigenvalue weighted by Gasteiger charge is -2.34. The summed E-state index contributed by atoms with van der Waals surface area (Å²) in [7, 11) is 1.87. The molecule has 2 heterocycles. The van der Waals surface area contributed by atoms with E-state index in [1.54, 1.807) is 17.4 Å². The predicted molar refractivity (Wildman–Crippen MR) is 112 cm³/mol. The molecule has 4 nitrogen and oxygen atoms in total. The number of aromatic nitrogens is 1. The number of hydrogen-bond acceptors (Lipinski definition) is 4. The van der Waals surface area contributed by atoms with Crippen molar-refractivity contribution in [3.8, 4) is 0 Å². The third-order valence-corrected chi connectivity index (χ3v) is 6.52. The minimum Gasteiger partial charge on any atom is -0.340 e. The molecule has 0 radical (unpaired) electrons. The van der Waals surface area contributed by atoms with Crippen molar-refractivity contribution in [2.45, 2.75) is 39.0 Å². The summed E-state index contributed by atoms with van der Waals surface area (Å²) < 4.78 is 13.8. The van der Waals surface area contributed by atoms with Crippen LogP contribution in [-0.4, -0.2) is 53.9 Å². The SMILES string of the molecule is CC(C)c1nc(C(=O)N(C)C[C@@H]2CCCN(CCc3ccccc3F)C2)cs1. The van der Waals surface area contributed by atoms with Crippen molar-refractivity contribution >= 4 is 17.2 Å². The standard InChI is InChI=1S/C22H30FN3OS/c1-16(2)21-24-20(15-28-21)22(27)25(3)13-17-7-6-11-26(14-17)12-10-18-8-4-5-9-19(18)23/h4-5,8-9,15-17H,6-7,10-14H2,1-3H3/t17-/m0/s1. The van der Waals surface area contributed by atoms with Gasteiger partial charge in [-0.2, -0.15) is 0 Å². The van der Waals surface area contributed by atoms with Gasteiger partial charge in [-0.15, -0.1) is 11.3 Å². The summed E-state index contributed by atoms with van der Waals surface area (Å²) in [6.45, 7) is 7.79. The molecule has 1 aromatic heterocycles. The van der Waals surface area contributed by atoms with Crippen molar-refractivity contribution in [1.82, 2.24) is 14.8 Å². The molecule has 1 atom stereocenters. The van der Waals surface area contributed by atoms with Gasteiger partial charge in [0.2, 0.25) is 0 Å². The fraction of sp³-hybridized carbons (Fsp3) is 0.545. The first-order valence-corrected chi connectivity index (χ1v) is 11.0. The zero-order valence-corrected chi connectivity index (χ0v) is 17.8. The Morgan fingerprint density at radius 1 is 1.39 bits per heavy atom. The van der Waals surface area contributed by atoms with Crippen LogP contribution in [0.4, 0.5) is 4.39 Å². The number of thiazole rings is 1. The van der Waals surface area contributed by atoms with Gasteiger partial charge in [0.15, 0.2) is 0 Å². The first-order valence-electron chi connectivity index (χ1n) is 10.1. The topological polar surface area (TPSA) is 36.4 Å². The second kappa shape index (κ2) is 9.61. The molecule has 152 valence electrons.